The Morgan fingerprint density at radius 1 is 1.56 bits per heavy atom. The third-order valence-corrected chi connectivity index (χ3v) is 2.20. The molecule has 9 heavy (non-hydrogen) atoms. The van der Waals surface area contributed by atoms with Gasteiger partial charge in [0, 0.05) is 5.92 Å². The molecule has 0 bridgehead atoms. The van der Waals surface area contributed by atoms with Crippen LogP contribution in [-0.4, -0.2) is 0 Å². The summed E-state index contributed by atoms with van der Waals surface area (Å²) < 4.78 is 0. The molecule has 0 saturated heterocycles. The van der Waals surface area contributed by atoms with E-state index < -0.39 is 0 Å². The topological polar surface area (TPSA) is 0 Å². The van der Waals surface area contributed by atoms with Crippen LogP contribution in [0.1, 0.15) is 33.1 Å². The van der Waals surface area contributed by atoms with Crippen LogP contribution in [0, 0.1) is 23.7 Å². The molecule has 1 rings (SSSR count). The third-order valence-electron chi connectivity index (χ3n) is 2.20. The van der Waals surface area contributed by atoms with E-state index in [4.69, 9.17) is 6.42 Å². The number of hydrogen-bond acceptors (Lipinski definition) is 0. The molecule has 1 fully saturated rings. The molecule has 0 heteroatoms. The van der Waals surface area contributed by atoms with Crippen LogP contribution in [-0.2, 0) is 0 Å². The summed E-state index contributed by atoms with van der Waals surface area (Å²) in [6, 6.07) is 0. The van der Waals surface area contributed by atoms with Gasteiger partial charge >= 0.3 is 0 Å². The van der Waals surface area contributed by atoms with Crippen LogP contribution >= 0.6 is 0 Å². The van der Waals surface area contributed by atoms with Crippen molar-refractivity contribution in [3.63, 3.8) is 0 Å². The van der Waals surface area contributed by atoms with Crippen LogP contribution in [0.15, 0.2) is 0 Å². The molecule has 0 aromatic rings. The third kappa shape index (κ3) is 1.48. The molecule has 1 aliphatic rings. The predicted molar refractivity (Wildman–Crippen MR) is 40.0 cm³/mol. The highest BCUT2D eigenvalue weighted by atomic mass is 14.3. The average Bonchev–Trinajstić information content (AvgIpc) is 2.10. The van der Waals surface area contributed by atoms with Crippen LogP contribution in [0.25, 0.3) is 0 Å². The first kappa shape index (κ1) is 6.68. The van der Waals surface area contributed by atoms with Crippen LogP contribution in [0.2, 0.25) is 0 Å². The fourth-order valence-electron chi connectivity index (χ4n) is 1.58. The molecule has 0 aliphatic heterocycles. The van der Waals surface area contributed by atoms with E-state index in [1.807, 2.05) is 0 Å². The smallest absolute Gasteiger partial charge is 0.0205 e. The molecule has 0 N–H and O–H groups in total. The van der Waals surface area contributed by atoms with Crippen molar-refractivity contribution in [3.8, 4) is 12.3 Å². The second kappa shape index (κ2) is 2.06. The fourth-order valence-corrected chi connectivity index (χ4v) is 1.58. The molecule has 0 aromatic carbocycles. The Bertz CT molecular complexity index is 137. The van der Waals surface area contributed by atoms with Gasteiger partial charge in [0.1, 0.15) is 0 Å². The van der Waals surface area contributed by atoms with Gasteiger partial charge in [-0.3, -0.25) is 0 Å². The molecule has 1 aliphatic carbocycles. The minimum Gasteiger partial charge on any atom is -0.120 e. The quantitative estimate of drug-likeness (QED) is 0.433. The number of terminal acetylenes is 1. The fraction of sp³-hybridized carbons (Fsp3) is 0.778. The van der Waals surface area contributed by atoms with Gasteiger partial charge < -0.3 is 0 Å². The van der Waals surface area contributed by atoms with E-state index in [-0.39, 0.29) is 0 Å². The molecule has 0 amide bonds. The van der Waals surface area contributed by atoms with E-state index in [2.05, 4.69) is 19.8 Å². The SMILES string of the molecule is C#CC1CCC(C)(C)C1. The minimum absolute atomic E-state index is 0.525. The number of rotatable bonds is 0. The van der Waals surface area contributed by atoms with E-state index in [0.717, 1.165) is 0 Å². The van der Waals surface area contributed by atoms with Crippen molar-refractivity contribution < 1.29 is 0 Å². The Morgan fingerprint density at radius 3 is 2.44 bits per heavy atom. The van der Waals surface area contributed by atoms with Gasteiger partial charge in [-0.05, 0) is 24.7 Å². The molecule has 0 radical (unpaired) electrons. The van der Waals surface area contributed by atoms with E-state index in [9.17, 15) is 0 Å². The first-order chi connectivity index (χ1) is 4.14. The molecule has 0 heterocycles. The van der Waals surface area contributed by atoms with E-state index in [1.54, 1.807) is 0 Å². The van der Waals surface area contributed by atoms with Gasteiger partial charge in [-0.15, -0.1) is 12.3 Å². The van der Waals surface area contributed by atoms with Crippen molar-refractivity contribution in [1.82, 2.24) is 0 Å². The summed E-state index contributed by atoms with van der Waals surface area (Å²) in [4.78, 5) is 0. The highest BCUT2D eigenvalue weighted by Crippen LogP contribution is 2.40. The molecule has 0 spiro atoms. The lowest BCUT2D eigenvalue weighted by Gasteiger charge is -2.14. The van der Waals surface area contributed by atoms with Crippen LogP contribution in [0.5, 0.6) is 0 Å². The lowest BCUT2D eigenvalue weighted by molar-refractivity contribution is 0.374. The Labute approximate surface area is 57.7 Å². The molecule has 50 valence electrons. The maximum absolute atomic E-state index is 5.30. The number of hydrogen-bond donors (Lipinski definition) is 0. The van der Waals surface area contributed by atoms with Crippen molar-refractivity contribution >= 4 is 0 Å². The summed E-state index contributed by atoms with van der Waals surface area (Å²) in [6.07, 6.45) is 9.08. The Morgan fingerprint density at radius 2 is 2.22 bits per heavy atom. The summed E-state index contributed by atoms with van der Waals surface area (Å²) in [5, 5.41) is 0. The molecule has 1 unspecified atom stereocenters. The Hall–Kier alpha value is -0.440. The largest absolute Gasteiger partial charge is 0.120 e. The maximum Gasteiger partial charge on any atom is 0.0205 e. The monoisotopic (exact) mass is 122 g/mol. The van der Waals surface area contributed by atoms with E-state index in [1.165, 1.54) is 19.3 Å². The van der Waals surface area contributed by atoms with Crippen LogP contribution in [0.4, 0.5) is 0 Å². The second-order valence-corrected chi connectivity index (χ2v) is 3.77. The molecule has 0 aromatic heterocycles. The molecule has 1 saturated carbocycles. The van der Waals surface area contributed by atoms with Crippen molar-refractivity contribution in [1.29, 1.82) is 0 Å². The highest BCUT2D eigenvalue weighted by Gasteiger charge is 2.29. The van der Waals surface area contributed by atoms with Gasteiger partial charge in [0.2, 0.25) is 0 Å². The van der Waals surface area contributed by atoms with Crippen molar-refractivity contribution in [3.05, 3.63) is 0 Å². The zero-order chi connectivity index (χ0) is 6.91. The van der Waals surface area contributed by atoms with Gasteiger partial charge in [0.15, 0.2) is 0 Å². The minimum atomic E-state index is 0.525. The normalized spacial score (nSPS) is 31.9. The highest BCUT2D eigenvalue weighted by molar-refractivity contribution is 4.99. The van der Waals surface area contributed by atoms with E-state index >= 15 is 0 Å². The predicted octanol–water partition coefficient (Wildman–Crippen LogP) is 2.45. The van der Waals surface area contributed by atoms with Crippen molar-refractivity contribution in [2.24, 2.45) is 11.3 Å². The zero-order valence-corrected chi connectivity index (χ0v) is 6.28. The van der Waals surface area contributed by atoms with Gasteiger partial charge in [-0.2, -0.15) is 0 Å². The summed E-state index contributed by atoms with van der Waals surface area (Å²) >= 11 is 0. The molecular weight excluding hydrogens is 108 g/mol. The molecular formula is C9H14. The average molecular weight is 122 g/mol. The Kier molecular flexibility index (Phi) is 1.53. The lowest BCUT2D eigenvalue weighted by atomic mass is 9.91. The van der Waals surface area contributed by atoms with Crippen LogP contribution < -0.4 is 0 Å². The first-order valence-electron chi connectivity index (χ1n) is 3.60. The van der Waals surface area contributed by atoms with Gasteiger partial charge in [-0.1, -0.05) is 13.8 Å². The van der Waals surface area contributed by atoms with Crippen molar-refractivity contribution in [2.45, 2.75) is 33.1 Å². The molecule has 0 nitrogen and oxygen atoms in total. The van der Waals surface area contributed by atoms with Crippen LogP contribution in [0.3, 0.4) is 0 Å². The van der Waals surface area contributed by atoms with Gasteiger partial charge in [-0.25, -0.2) is 0 Å². The van der Waals surface area contributed by atoms with E-state index in [0.29, 0.717) is 11.3 Å². The lowest BCUT2D eigenvalue weighted by Crippen LogP contribution is -2.04. The summed E-state index contributed by atoms with van der Waals surface area (Å²) in [5.74, 6) is 3.39. The van der Waals surface area contributed by atoms with Gasteiger partial charge in [0.25, 0.3) is 0 Å². The van der Waals surface area contributed by atoms with Crippen molar-refractivity contribution in [2.75, 3.05) is 0 Å². The molecule has 1 atom stereocenters. The maximum atomic E-state index is 5.30. The Balaban J connectivity index is 2.50. The zero-order valence-electron chi connectivity index (χ0n) is 6.28. The summed E-state index contributed by atoms with van der Waals surface area (Å²) in [7, 11) is 0. The second-order valence-electron chi connectivity index (χ2n) is 3.77. The summed E-state index contributed by atoms with van der Waals surface area (Å²) in [6.45, 7) is 4.59. The first-order valence-corrected chi connectivity index (χ1v) is 3.60. The summed E-state index contributed by atoms with van der Waals surface area (Å²) in [5.41, 5.74) is 0.525. The standard InChI is InChI=1S/C9H14/c1-4-8-5-6-9(2,3)7-8/h1,8H,5-7H2,2-3H3. The van der Waals surface area contributed by atoms with Gasteiger partial charge in [0.05, 0.1) is 0 Å².